The number of nitrogens with zero attached hydrogens (tertiary/aromatic N) is 2. The van der Waals surface area contributed by atoms with Gasteiger partial charge in [-0.1, -0.05) is 30.1 Å². The van der Waals surface area contributed by atoms with Gasteiger partial charge >= 0.3 is 5.97 Å². The standard InChI is InChI=1S/C16H14Cl2N2O6S/c1-3-8(2)26-14(21)7-19-15(22)13(27-16(19)23)5-9-4-12(20(24)25)11(18)6-10(9)17/h4-6,8H,3,7H2,1-2H3/b13-5-/t8-/m1/s1. The summed E-state index contributed by atoms with van der Waals surface area (Å²) in [4.78, 5) is 47.3. The van der Waals surface area contributed by atoms with E-state index in [4.69, 9.17) is 27.9 Å². The second-order valence-electron chi connectivity index (χ2n) is 5.56. The summed E-state index contributed by atoms with van der Waals surface area (Å²) in [5.41, 5.74) is -0.232. The monoisotopic (exact) mass is 432 g/mol. The summed E-state index contributed by atoms with van der Waals surface area (Å²) in [5, 5.41) is 10.3. The molecule has 1 fully saturated rings. The molecular weight excluding hydrogens is 419 g/mol. The Hall–Kier alpha value is -2.10. The molecule has 1 aromatic rings. The number of rotatable bonds is 6. The summed E-state index contributed by atoms with van der Waals surface area (Å²) < 4.78 is 5.06. The zero-order valence-electron chi connectivity index (χ0n) is 14.2. The zero-order chi connectivity index (χ0) is 20.3. The van der Waals surface area contributed by atoms with Gasteiger partial charge in [-0.05, 0) is 37.2 Å². The Bertz CT molecular complexity index is 858. The van der Waals surface area contributed by atoms with Gasteiger partial charge < -0.3 is 4.74 Å². The number of carbonyl (C=O) groups is 3. The third-order valence-electron chi connectivity index (χ3n) is 3.62. The average Bonchev–Trinajstić information content (AvgIpc) is 2.84. The number of esters is 1. The fourth-order valence-corrected chi connectivity index (χ4v) is 3.39. The number of carbonyl (C=O) groups excluding carboxylic acids is 3. The molecule has 27 heavy (non-hydrogen) atoms. The summed E-state index contributed by atoms with van der Waals surface area (Å²) >= 11 is 12.4. The van der Waals surface area contributed by atoms with E-state index in [9.17, 15) is 24.5 Å². The van der Waals surface area contributed by atoms with Crippen molar-refractivity contribution in [1.29, 1.82) is 0 Å². The molecule has 0 N–H and O–H groups in total. The molecule has 1 aromatic carbocycles. The molecule has 1 aliphatic rings. The van der Waals surface area contributed by atoms with E-state index in [1.165, 1.54) is 12.1 Å². The maximum atomic E-state index is 12.4. The molecule has 8 nitrogen and oxygen atoms in total. The highest BCUT2D eigenvalue weighted by atomic mass is 35.5. The largest absolute Gasteiger partial charge is 0.461 e. The van der Waals surface area contributed by atoms with Crippen molar-refractivity contribution in [2.24, 2.45) is 0 Å². The smallest absolute Gasteiger partial charge is 0.326 e. The van der Waals surface area contributed by atoms with E-state index in [0.29, 0.717) is 18.2 Å². The topological polar surface area (TPSA) is 107 Å². The Morgan fingerprint density at radius 1 is 1.37 bits per heavy atom. The molecule has 0 aromatic heterocycles. The van der Waals surface area contributed by atoms with Crippen LogP contribution in [-0.4, -0.2) is 39.6 Å². The Labute approximate surface area is 168 Å². The van der Waals surface area contributed by atoms with Gasteiger partial charge in [0.2, 0.25) is 0 Å². The first-order valence-corrected chi connectivity index (χ1v) is 9.29. The van der Waals surface area contributed by atoms with Crippen LogP contribution in [0, 0.1) is 10.1 Å². The highest BCUT2D eigenvalue weighted by Crippen LogP contribution is 2.36. The third-order valence-corrected chi connectivity index (χ3v) is 5.16. The summed E-state index contributed by atoms with van der Waals surface area (Å²) in [6.45, 7) is 3.01. The maximum absolute atomic E-state index is 12.4. The number of amides is 2. The van der Waals surface area contributed by atoms with E-state index < -0.39 is 28.6 Å². The molecule has 1 atom stereocenters. The molecule has 1 aliphatic heterocycles. The molecule has 0 radical (unpaired) electrons. The van der Waals surface area contributed by atoms with Gasteiger partial charge in [0, 0.05) is 16.7 Å². The predicted molar refractivity (Wildman–Crippen MR) is 102 cm³/mol. The minimum absolute atomic E-state index is 0.0186. The van der Waals surface area contributed by atoms with E-state index in [0.717, 1.165) is 11.0 Å². The Balaban J connectivity index is 2.25. The molecule has 2 amide bonds. The molecule has 1 heterocycles. The van der Waals surface area contributed by atoms with Crippen LogP contribution in [0.2, 0.25) is 10.0 Å². The van der Waals surface area contributed by atoms with E-state index >= 15 is 0 Å². The van der Waals surface area contributed by atoms with Crippen molar-refractivity contribution in [3.8, 4) is 0 Å². The molecule has 0 unspecified atom stereocenters. The van der Waals surface area contributed by atoms with Crippen LogP contribution in [0.5, 0.6) is 0 Å². The maximum Gasteiger partial charge on any atom is 0.326 e. The van der Waals surface area contributed by atoms with E-state index in [1.807, 2.05) is 6.92 Å². The number of nitro benzene ring substituents is 1. The van der Waals surface area contributed by atoms with Crippen molar-refractivity contribution < 1.29 is 24.0 Å². The number of ether oxygens (including phenoxy) is 1. The van der Waals surface area contributed by atoms with Gasteiger partial charge in [-0.25, -0.2) is 0 Å². The van der Waals surface area contributed by atoms with Gasteiger partial charge in [-0.2, -0.15) is 0 Å². The molecule has 2 rings (SSSR count). The highest BCUT2D eigenvalue weighted by Gasteiger charge is 2.37. The van der Waals surface area contributed by atoms with Gasteiger partial charge in [0.1, 0.15) is 11.6 Å². The van der Waals surface area contributed by atoms with Gasteiger partial charge in [0.25, 0.3) is 16.8 Å². The minimum Gasteiger partial charge on any atom is -0.461 e. The van der Waals surface area contributed by atoms with Crippen molar-refractivity contribution in [3.05, 3.63) is 42.8 Å². The number of thioether (sulfide) groups is 1. The molecule has 0 spiro atoms. The van der Waals surface area contributed by atoms with Crippen LogP contribution in [0.3, 0.4) is 0 Å². The second-order valence-corrected chi connectivity index (χ2v) is 7.37. The molecule has 0 bridgehead atoms. The van der Waals surface area contributed by atoms with Crippen LogP contribution >= 0.6 is 35.0 Å². The Morgan fingerprint density at radius 3 is 2.63 bits per heavy atom. The van der Waals surface area contributed by atoms with Gasteiger partial charge in [-0.15, -0.1) is 0 Å². The molecule has 0 aliphatic carbocycles. The number of nitro groups is 1. The lowest BCUT2D eigenvalue weighted by molar-refractivity contribution is -0.384. The number of hydrogen-bond acceptors (Lipinski definition) is 7. The van der Waals surface area contributed by atoms with Gasteiger partial charge in [-0.3, -0.25) is 29.4 Å². The number of imide groups is 1. The predicted octanol–water partition coefficient (Wildman–Crippen LogP) is 4.28. The van der Waals surface area contributed by atoms with Crippen LogP contribution in [0.15, 0.2) is 17.0 Å². The lowest BCUT2D eigenvalue weighted by Gasteiger charge is -2.14. The first kappa shape index (κ1) is 21.2. The Morgan fingerprint density at radius 2 is 2.04 bits per heavy atom. The number of benzene rings is 1. The van der Waals surface area contributed by atoms with Crippen molar-refractivity contribution in [2.75, 3.05) is 6.54 Å². The fraction of sp³-hybridized carbons (Fsp3) is 0.312. The first-order valence-electron chi connectivity index (χ1n) is 7.72. The highest BCUT2D eigenvalue weighted by molar-refractivity contribution is 8.18. The minimum atomic E-state index is -0.709. The zero-order valence-corrected chi connectivity index (χ0v) is 16.6. The third kappa shape index (κ3) is 5.00. The molecule has 1 saturated heterocycles. The van der Waals surface area contributed by atoms with Crippen LogP contribution in [-0.2, 0) is 14.3 Å². The molecule has 0 saturated carbocycles. The first-order chi connectivity index (χ1) is 12.6. The lowest BCUT2D eigenvalue weighted by Crippen LogP contribution is -2.35. The SMILES string of the molecule is CC[C@@H](C)OC(=O)CN1C(=O)S/C(=C\c2cc([N+](=O)[O-])c(Cl)cc2Cl)C1=O. The molecule has 11 heteroatoms. The van der Waals surface area contributed by atoms with E-state index in [-0.39, 0.29) is 32.3 Å². The van der Waals surface area contributed by atoms with Crippen LogP contribution < -0.4 is 0 Å². The second kappa shape index (κ2) is 8.73. The quantitative estimate of drug-likeness (QED) is 0.285. The fourth-order valence-electron chi connectivity index (χ4n) is 2.06. The normalized spacial score (nSPS) is 16.7. The number of hydrogen-bond donors (Lipinski definition) is 0. The van der Waals surface area contributed by atoms with Crippen LogP contribution in [0.1, 0.15) is 25.8 Å². The van der Waals surface area contributed by atoms with Crippen molar-refractivity contribution in [1.82, 2.24) is 4.90 Å². The van der Waals surface area contributed by atoms with Gasteiger partial charge in [0.15, 0.2) is 0 Å². The summed E-state index contributed by atoms with van der Waals surface area (Å²) in [6.07, 6.45) is 1.51. The van der Waals surface area contributed by atoms with E-state index in [2.05, 4.69) is 0 Å². The van der Waals surface area contributed by atoms with Gasteiger partial charge in [0.05, 0.1) is 15.9 Å². The summed E-state index contributed by atoms with van der Waals surface area (Å²) in [6, 6.07) is 2.29. The van der Waals surface area contributed by atoms with Crippen molar-refractivity contribution in [2.45, 2.75) is 26.4 Å². The molecule has 144 valence electrons. The van der Waals surface area contributed by atoms with Crippen LogP contribution in [0.25, 0.3) is 6.08 Å². The number of halogens is 2. The lowest BCUT2D eigenvalue weighted by atomic mass is 10.2. The van der Waals surface area contributed by atoms with Crippen LogP contribution in [0.4, 0.5) is 10.5 Å². The summed E-state index contributed by atoms with van der Waals surface area (Å²) in [5.74, 6) is -1.41. The Kier molecular flexibility index (Phi) is 6.85. The average molecular weight is 433 g/mol. The van der Waals surface area contributed by atoms with Crippen molar-refractivity contribution >= 4 is 63.8 Å². The summed E-state index contributed by atoms with van der Waals surface area (Å²) in [7, 11) is 0. The molecular formula is C16H14Cl2N2O6S. The van der Waals surface area contributed by atoms with Crippen molar-refractivity contribution in [3.63, 3.8) is 0 Å². The van der Waals surface area contributed by atoms with E-state index in [1.54, 1.807) is 6.92 Å².